The van der Waals surface area contributed by atoms with Gasteiger partial charge in [-0.3, -0.25) is 4.52 Å². The lowest BCUT2D eigenvalue weighted by atomic mass is 10.4. The van der Waals surface area contributed by atoms with Gasteiger partial charge in [0.25, 0.3) is 0 Å². The summed E-state index contributed by atoms with van der Waals surface area (Å²) in [6.07, 6.45) is 0.886. The van der Waals surface area contributed by atoms with Crippen LogP contribution >= 0.6 is 19.9 Å². The molecule has 1 N–H and O–H groups in total. The molecule has 0 amide bonds. The van der Waals surface area contributed by atoms with Crippen molar-refractivity contribution in [3.05, 3.63) is 0 Å². The lowest BCUT2D eigenvalue weighted by Crippen LogP contribution is -1.95. The van der Waals surface area contributed by atoms with Gasteiger partial charge >= 0.3 is 7.82 Å². The zero-order valence-electron chi connectivity index (χ0n) is 7.52. The number of phosphoric acid groups is 1. The molecule has 0 aliphatic carbocycles. The van der Waals surface area contributed by atoms with Gasteiger partial charge in [-0.1, -0.05) is 13.8 Å². The summed E-state index contributed by atoms with van der Waals surface area (Å²) in [5.74, 6) is 0. The molecular formula is C6H15O4PS. The third kappa shape index (κ3) is 6.03. The van der Waals surface area contributed by atoms with Gasteiger partial charge in [0, 0.05) is 17.3 Å². The van der Waals surface area contributed by atoms with E-state index in [4.69, 9.17) is 4.89 Å². The van der Waals surface area contributed by atoms with E-state index in [1.165, 1.54) is 0 Å². The summed E-state index contributed by atoms with van der Waals surface area (Å²) >= 11 is 0.985. The van der Waals surface area contributed by atoms with Crippen LogP contribution in [0.15, 0.2) is 0 Å². The molecule has 0 aliphatic rings. The summed E-state index contributed by atoms with van der Waals surface area (Å²) in [6, 6.07) is 0. The SMILES string of the molecule is CCOP(=O)(O)OSC(C)CC. The van der Waals surface area contributed by atoms with Crippen LogP contribution < -0.4 is 0 Å². The highest BCUT2D eigenvalue weighted by atomic mass is 32.2. The molecule has 12 heavy (non-hydrogen) atoms. The lowest BCUT2D eigenvalue weighted by molar-refractivity contribution is 0.222. The molecule has 0 rings (SSSR count). The van der Waals surface area contributed by atoms with Gasteiger partial charge in [-0.05, 0) is 13.3 Å². The quantitative estimate of drug-likeness (QED) is 0.544. The molecular weight excluding hydrogens is 199 g/mol. The number of hydrogen-bond acceptors (Lipinski definition) is 4. The minimum Gasteiger partial charge on any atom is -0.302 e. The van der Waals surface area contributed by atoms with E-state index in [1.807, 2.05) is 13.8 Å². The highest BCUT2D eigenvalue weighted by Crippen LogP contribution is 2.48. The molecule has 6 heteroatoms. The van der Waals surface area contributed by atoms with Crippen molar-refractivity contribution in [3.8, 4) is 0 Å². The molecule has 2 unspecified atom stereocenters. The molecule has 0 spiro atoms. The molecule has 2 atom stereocenters. The average Bonchev–Trinajstić information content (AvgIpc) is 2.00. The van der Waals surface area contributed by atoms with Gasteiger partial charge in [-0.25, -0.2) is 8.54 Å². The molecule has 0 aromatic heterocycles. The fourth-order valence-electron chi connectivity index (χ4n) is 0.381. The predicted octanol–water partition coefficient (Wildman–Crippen LogP) is 2.59. The van der Waals surface area contributed by atoms with Crippen LogP contribution in [-0.2, 0) is 13.1 Å². The van der Waals surface area contributed by atoms with Gasteiger partial charge in [-0.15, -0.1) is 0 Å². The summed E-state index contributed by atoms with van der Waals surface area (Å²) < 4.78 is 20.0. The standard InChI is InChI=1S/C6H15O4PS/c1-4-6(3)12-10-11(7,8)9-5-2/h6H,4-5H2,1-3H3,(H,7,8). The summed E-state index contributed by atoms with van der Waals surface area (Å²) in [5, 5.41) is 0.200. The van der Waals surface area contributed by atoms with Crippen molar-refractivity contribution in [2.45, 2.75) is 32.4 Å². The maximum atomic E-state index is 10.9. The number of phosphoric ester groups is 1. The molecule has 0 fully saturated rings. The Morgan fingerprint density at radius 1 is 1.58 bits per heavy atom. The fraction of sp³-hybridized carbons (Fsp3) is 1.00. The van der Waals surface area contributed by atoms with Crippen LogP contribution in [0.1, 0.15) is 27.2 Å². The van der Waals surface area contributed by atoms with Gasteiger partial charge in [-0.2, -0.15) is 0 Å². The van der Waals surface area contributed by atoms with E-state index in [-0.39, 0.29) is 11.9 Å². The first-order valence-electron chi connectivity index (χ1n) is 3.84. The van der Waals surface area contributed by atoms with E-state index >= 15 is 0 Å². The molecule has 0 saturated carbocycles. The van der Waals surface area contributed by atoms with Crippen LogP contribution in [0.3, 0.4) is 0 Å². The zero-order chi connectivity index (χ0) is 9.61. The highest BCUT2D eigenvalue weighted by Gasteiger charge is 2.21. The molecule has 0 heterocycles. The largest absolute Gasteiger partial charge is 0.483 e. The van der Waals surface area contributed by atoms with Gasteiger partial charge in [0.15, 0.2) is 0 Å². The van der Waals surface area contributed by atoms with E-state index in [2.05, 4.69) is 8.49 Å². The zero-order valence-corrected chi connectivity index (χ0v) is 9.23. The Morgan fingerprint density at radius 3 is 2.58 bits per heavy atom. The van der Waals surface area contributed by atoms with Crippen molar-refractivity contribution in [1.82, 2.24) is 0 Å². The van der Waals surface area contributed by atoms with E-state index < -0.39 is 7.82 Å². The van der Waals surface area contributed by atoms with Crippen LogP contribution in [0.25, 0.3) is 0 Å². The van der Waals surface area contributed by atoms with Gasteiger partial charge in [0.1, 0.15) is 0 Å². The number of hydrogen-bond donors (Lipinski definition) is 1. The first-order chi connectivity index (χ1) is 5.52. The van der Waals surface area contributed by atoms with Crippen molar-refractivity contribution in [3.63, 3.8) is 0 Å². The van der Waals surface area contributed by atoms with Crippen LogP contribution in [-0.4, -0.2) is 16.8 Å². The van der Waals surface area contributed by atoms with E-state index in [0.29, 0.717) is 0 Å². The molecule has 0 saturated heterocycles. The maximum Gasteiger partial charge on any atom is 0.483 e. The van der Waals surface area contributed by atoms with Gasteiger partial charge in [0.2, 0.25) is 0 Å². The molecule has 74 valence electrons. The lowest BCUT2D eigenvalue weighted by Gasteiger charge is -2.11. The maximum absolute atomic E-state index is 10.9. The Bertz CT molecular complexity index is 164. The minimum absolute atomic E-state index is 0.175. The minimum atomic E-state index is -3.80. The number of rotatable bonds is 6. The van der Waals surface area contributed by atoms with Crippen molar-refractivity contribution in [2.75, 3.05) is 6.61 Å². The van der Waals surface area contributed by atoms with Gasteiger partial charge in [0.05, 0.1) is 6.61 Å². The first-order valence-corrected chi connectivity index (χ1v) is 6.14. The summed E-state index contributed by atoms with van der Waals surface area (Å²) in [7, 11) is -3.80. The second-order valence-corrected chi connectivity index (χ2v) is 5.06. The average molecular weight is 214 g/mol. The molecule has 0 aromatic rings. The summed E-state index contributed by atoms with van der Waals surface area (Å²) in [5.41, 5.74) is 0. The molecule has 0 aromatic carbocycles. The van der Waals surface area contributed by atoms with Crippen molar-refractivity contribution >= 4 is 19.9 Å². The second kappa shape index (κ2) is 6.00. The molecule has 0 aliphatic heterocycles. The molecule has 0 radical (unpaired) electrons. The van der Waals surface area contributed by atoms with E-state index in [1.54, 1.807) is 6.92 Å². The highest BCUT2D eigenvalue weighted by molar-refractivity contribution is 7.98. The van der Waals surface area contributed by atoms with Crippen molar-refractivity contribution < 1.29 is 18.0 Å². The second-order valence-electron chi connectivity index (χ2n) is 2.28. The molecule has 4 nitrogen and oxygen atoms in total. The predicted molar refractivity (Wildman–Crippen MR) is 49.9 cm³/mol. The Morgan fingerprint density at radius 2 is 2.17 bits per heavy atom. The Kier molecular flexibility index (Phi) is 6.23. The fourth-order valence-corrected chi connectivity index (χ4v) is 2.04. The van der Waals surface area contributed by atoms with E-state index in [9.17, 15) is 4.57 Å². The Hall–Kier alpha value is 0.460. The van der Waals surface area contributed by atoms with Crippen molar-refractivity contribution in [2.24, 2.45) is 0 Å². The van der Waals surface area contributed by atoms with Crippen LogP contribution in [0.4, 0.5) is 0 Å². The third-order valence-electron chi connectivity index (χ3n) is 1.17. The third-order valence-corrected chi connectivity index (χ3v) is 3.51. The first kappa shape index (κ1) is 12.5. The van der Waals surface area contributed by atoms with Crippen LogP contribution in [0.2, 0.25) is 0 Å². The monoisotopic (exact) mass is 214 g/mol. The summed E-state index contributed by atoms with van der Waals surface area (Å²) in [4.78, 5) is 8.95. The topological polar surface area (TPSA) is 55.8 Å². The van der Waals surface area contributed by atoms with Crippen molar-refractivity contribution in [1.29, 1.82) is 0 Å². The van der Waals surface area contributed by atoms with Gasteiger partial charge < -0.3 is 4.89 Å². The Balaban J connectivity index is 3.67. The van der Waals surface area contributed by atoms with E-state index in [0.717, 1.165) is 18.5 Å². The molecule has 0 bridgehead atoms. The smallest absolute Gasteiger partial charge is 0.302 e. The van der Waals surface area contributed by atoms with Crippen LogP contribution in [0, 0.1) is 0 Å². The Labute approximate surface area is 77.5 Å². The summed E-state index contributed by atoms with van der Waals surface area (Å²) in [6.45, 7) is 5.70. The normalized spacial score (nSPS) is 18.7. The van der Waals surface area contributed by atoms with Crippen LogP contribution in [0.5, 0.6) is 0 Å².